The van der Waals surface area contributed by atoms with Gasteiger partial charge < -0.3 is 22.5 Å². The molecule has 0 aliphatic heterocycles. The van der Waals surface area contributed by atoms with Gasteiger partial charge in [0.2, 0.25) is 11.8 Å². The fourth-order valence-corrected chi connectivity index (χ4v) is 0.728. The first-order valence-electron chi connectivity index (χ1n) is 4.33. The summed E-state index contributed by atoms with van der Waals surface area (Å²) in [6, 6.07) is -0.737. The summed E-state index contributed by atoms with van der Waals surface area (Å²) in [5.74, 6) is -0.980. The molecule has 6 nitrogen and oxygen atoms in total. The average molecular weight is 202 g/mol. The first-order chi connectivity index (χ1) is 6.27. The van der Waals surface area contributed by atoms with E-state index in [1.165, 1.54) is 0 Å². The van der Waals surface area contributed by atoms with Gasteiger partial charge in [0.05, 0.1) is 11.5 Å². The standard InChI is InChI=1S/C8H18N4O2/c1-8(2,7(11)14)4-12-3-5(9)6(10)13/h5,12H,3-4,9H2,1-2H3,(H2,10,13)(H2,11,14). The van der Waals surface area contributed by atoms with Crippen LogP contribution in [0.1, 0.15) is 13.8 Å². The lowest BCUT2D eigenvalue weighted by Gasteiger charge is -2.21. The molecule has 0 spiro atoms. The monoisotopic (exact) mass is 202 g/mol. The average Bonchev–Trinajstić information content (AvgIpc) is 2.03. The van der Waals surface area contributed by atoms with Crippen molar-refractivity contribution in [3.05, 3.63) is 0 Å². The highest BCUT2D eigenvalue weighted by molar-refractivity contribution is 5.80. The topological polar surface area (TPSA) is 124 Å². The third-order valence-electron chi connectivity index (χ3n) is 1.96. The van der Waals surface area contributed by atoms with Crippen molar-refractivity contribution in [3.63, 3.8) is 0 Å². The van der Waals surface area contributed by atoms with Gasteiger partial charge in [0.15, 0.2) is 0 Å². The van der Waals surface area contributed by atoms with Gasteiger partial charge in [-0.1, -0.05) is 0 Å². The largest absolute Gasteiger partial charge is 0.369 e. The van der Waals surface area contributed by atoms with E-state index in [4.69, 9.17) is 17.2 Å². The number of hydrogen-bond donors (Lipinski definition) is 4. The molecule has 0 aliphatic carbocycles. The highest BCUT2D eigenvalue weighted by Gasteiger charge is 2.24. The van der Waals surface area contributed by atoms with Crippen molar-refractivity contribution in [2.75, 3.05) is 13.1 Å². The summed E-state index contributed by atoms with van der Waals surface area (Å²) in [4.78, 5) is 21.4. The first-order valence-corrected chi connectivity index (χ1v) is 4.33. The summed E-state index contributed by atoms with van der Waals surface area (Å²) in [5.41, 5.74) is 14.8. The summed E-state index contributed by atoms with van der Waals surface area (Å²) in [6.45, 7) is 4.02. The quantitative estimate of drug-likeness (QED) is 0.394. The molecule has 6 heteroatoms. The van der Waals surface area contributed by atoms with Crippen molar-refractivity contribution < 1.29 is 9.59 Å². The van der Waals surface area contributed by atoms with Crippen molar-refractivity contribution in [2.24, 2.45) is 22.6 Å². The summed E-state index contributed by atoms with van der Waals surface area (Å²) in [5, 5.41) is 2.86. The summed E-state index contributed by atoms with van der Waals surface area (Å²) in [7, 11) is 0. The van der Waals surface area contributed by atoms with Crippen LogP contribution in [0.3, 0.4) is 0 Å². The number of carbonyl (C=O) groups is 2. The van der Waals surface area contributed by atoms with Crippen molar-refractivity contribution >= 4 is 11.8 Å². The van der Waals surface area contributed by atoms with Gasteiger partial charge in [-0.2, -0.15) is 0 Å². The third-order valence-corrected chi connectivity index (χ3v) is 1.96. The Bertz CT molecular complexity index is 227. The molecule has 0 bridgehead atoms. The molecule has 0 fully saturated rings. The molecule has 82 valence electrons. The van der Waals surface area contributed by atoms with E-state index in [1.807, 2.05) is 0 Å². The molecule has 1 atom stereocenters. The minimum absolute atomic E-state index is 0.242. The molecule has 0 heterocycles. The zero-order valence-electron chi connectivity index (χ0n) is 8.54. The molecule has 14 heavy (non-hydrogen) atoms. The number of primary amides is 2. The summed E-state index contributed by atoms with van der Waals surface area (Å²) < 4.78 is 0. The molecule has 0 saturated heterocycles. The van der Waals surface area contributed by atoms with Gasteiger partial charge in [0.1, 0.15) is 0 Å². The van der Waals surface area contributed by atoms with Crippen LogP contribution in [0.5, 0.6) is 0 Å². The van der Waals surface area contributed by atoms with E-state index in [-0.39, 0.29) is 6.54 Å². The number of amides is 2. The number of hydrogen-bond acceptors (Lipinski definition) is 4. The molecule has 0 radical (unpaired) electrons. The van der Waals surface area contributed by atoms with Gasteiger partial charge in [0, 0.05) is 13.1 Å². The maximum absolute atomic E-state index is 10.9. The molecular formula is C8H18N4O2. The minimum Gasteiger partial charge on any atom is -0.369 e. The van der Waals surface area contributed by atoms with E-state index in [2.05, 4.69) is 5.32 Å². The SMILES string of the molecule is CC(C)(CNCC(N)C(N)=O)C(N)=O. The van der Waals surface area contributed by atoms with Crippen LogP contribution in [0.15, 0.2) is 0 Å². The molecule has 0 aromatic heterocycles. The lowest BCUT2D eigenvalue weighted by atomic mass is 9.93. The second-order valence-corrected chi connectivity index (χ2v) is 3.89. The Morgan fingerprint density at radius 2 is 1.86 bits per heavy atom. The zero-order valence-corrected chi connectivity index (χ0v) is 8.54. The fourth-order valence-electron chi connectivity index (χ4n) is 0.728. The van der Waals surface area contributed by atoms with Gasteiger partial charge in [-0.05, 0) is 13.8 Å². The summed E-state index contributed by atoms with van der Waals surface area (Å²) in [6.07, 6.45) is 0. The van der Waals surface area contributed by atoms with Crippen LogP contribution in [0, 0.1) is 5.41 Å². The van der Waals surface area contributed by atoms with Crippen molar-refractivity contribution in [3.8, 4) is 0 Å². The predicted molar refractivity (Wildman–Crippen MR) is 53.0 cm³/mol. The first kappa shape index (κ1) is 12.9. The normalized spacial score (nSPS) is 13.6. The Morgan fingerprint density at radius 1 is 1.36 bits per heavy atom. The molecule has 0 aliphatic rings. The van der Waals surface area contributed by atoms with Gasteiger partial charge in [0.25, 0.3) is 0 Å². The Labute approximate surface area is 83.2 Å². The van der Waals surface area contributed by atoms with Crippen molar-refractivity contribution in [1.82, 2.24) is 5.32 Å². The van der Waals surface area contributed by atoms with Gasteiger partial charge >= 0.3 is 0 Å². The van der Waals surface area contributed by atoms with E-state index < -0.39 is 23.3 Å². The second-order valence-electron chi connectivity index (χ2n) is 3.89. The van der Waals surface area contributed by atoms with E-state index in [9.17, 15) is 9.59 Å². The van der Waals surface area contributed by atoms with Crippen LogP contribution < -0.4 is 22.5 Å². The van der Waals surface area contributed by atoms with E-state index >= 15 is 0 Å². The molecule has 2 amide bonds. The van der Waals surface area contributed by atoms with Crippen molar-refractivity contribution in [2.45, 2.75) is 19.9 Å². The van der Waals surface area contributed by atoms with E-state index in [1.54, 1.807) is 13.8 Å². The molecule has 0 saturated carbocycles. The minimum atomic E-state index is -0.737. The van der Waals surface area contributed by atoms with Crippen LogP contribution in [0.2, 0.25) is 0 Å². The second kappa shape index (κ2) is 4.92. The number of nitrogens with two attached hydrogens (primary N) is 3. The Balaban J connectivity index is 3.85. The highest BCUT2D eigenvalue weighted by Crippen LogP contribution is 2.11. The van der Waals surface area contributed by atoms with E-state index in [0.29, 0.717) is 6.54 Å². The zero-order chi connectivity index (χ0) is 11.4. The maximum Gasteiger partial charge on any atom is 0.235 e. The van der Waals surface area contributed by atoms with Gasteiger partial charge in [-0.25, -0.2) is 0 Å². The summed E-state index contributed by atoms with van der Waals surface area (Å²) >= 11 is 0. The Hall–Kier alpha value is -1.14. The van der Waals surface area contributed by atoms with Crippen LogP contribution in [-0.2, 0) is 9.59 Å². The van der Waals surface area contributed by atoms with Crippen LogP contribution in [0.25, 0.3) is 0 Å². The molecule has 1 unspecified atom stereocenters. The number of carbonyl (C=O) groups excluding carboxylic acids is 2. The van der Waals surface area contributed by atoms with Gasteiger partial charge in [-0.3, -0.25) is 9.59 Å². The van der Waals surface area contributed by atoms with Gasteiger partial charge in [-0.15, -0.1) is 0 Å². The number of rotatable bonds is 6. The number of nitrogens with one attached hydrogen (secondary N) is 1. The Kier molecular flexibility index (Phi) is 4.52. The molecule has 7 N–H and O–H groups in total. The Morgan fingerprint density at radius 3 is 2.21 bits per heavy atom. The fraction of sp³-hybridized carbons (Fsp3) is 0.750. The van der Waals surface area contributed by atoms with Crippen molar-refractivity contribution in [1.29, 1.82) is 0 Å². The molecule has 0 aromatic carbocycles. The predicted octanol–water partition coefficient (Wildman–Crippen LogP) is -2.10. The molecule has 0 aromatic rings. The highest BCUT2D eigenvalue weighted by atomic mass is 16.1. The van der Waals surface area contributed by atoms with Crippen LogP contribution in [-0.4, -0.2) is 30.9 Å². The lowest BCUT2D eigenvalue weighted by molar-refractivity contribution is -0.125. The van der Waals surface area contributed by atoms with Crippen LogP contribution >= 0.6 is 0 Å². The lowest BCUT2D eigenvalue weighted by Crippen LogP contribution is -2.48. The third kappa shape index (κ3) is 4.20. The molecule has 0 rings (SSSR count). The van der Waals surface area contributed by atoms with E-state index in [0.717, 1.165) is 0 Å². The van der Waals surface area contributed by atoms with Crippen LogP contribution in [0.4, 0.5) is 0 Å². The maximum atomic E-state index is 10.9. The molecular weight excluding hydrogens is 184 g/mol. The smallest absolute Gasteiger partial charge is 0.235 e.